The molecule has 1 N–H and O–H groups in total. The molecule has 0 saturated carbocycles. The number of amides is 2. The molecule has 1 fully saturated rings. The maximum Gasteiger partial charge on any atom is 0.231 e. The minimum atomic E-state index is -0.466. The average molecular weight is 427 g/mol. The van der Waals surface area contributed by atoms with E-state index in [1.807, 2.05) is 18.2 Å². The van der Waals surface area contributed by atoms with Crippen molar-refractivity contribution in [2.24, 2.45) is 5.92 Å². The quantitative estimate of drug-likeness (QED) is 0.649. The fourth-order valence-electron chi connectivity index (χ4n) is 3.42. The summed E-state index contributed by atoms with van der Waals surface area (Å²) in [5, 5.41) is 3.35. The first kappa shape index (κ1) is 20.0. The van der Waals surface area contributed by atoms with Gasteiger partial charge >= 0.3 is 0 Å². The molecule has 2 amide bonds. The lowest BCUT2D eigenvalue weighted by Crippen LogP contribution is -2.28. The third-order valence-corrected chi connectivity index (χ3v) is 5.93. The third kappa shape index (κ3) is 3.76. The number of methoxy groups -OCH3 is 3. The summed E-state index contributed by atoms with van der Waals surface area (Å²) in [7, 11) is 4.69. The van der Waals surface area contributed by atoms with Gasteiger partial charge in [-0.3, -0.25) is 9.59 Å². The second kappa shape index (κ2) is 8.19. The van der Waals surface area contributed by atoms with Crippen LogP contribution < -0.4 is 24.4 Å². The summed E-state index contributed by atoms with van der Waals surface area (Å²) in [6.07, 6.45) is 0.138. The summed E-state index contributed by atoms with van der Waals surface area (Å²) in [6, 6.07) is 10.8. The molecule has 1 aliphatic heterocycles. The second-order valence-corrected chi connectivity index (χ2v) is 7.82. The molecular formula is C21H21N3O5S. The fraction of sp³-hybridized carbons (Fsp3) is 0.286. The second-order valence-electron chi connectivity index (χ2n) is 6.79. The number of fused-ring (bicyclic) bond motifs is 1. The Balaban J connectivity index is 1.48. The van der Waals surface area contributed by atoms with Crippen molar-refractivity contribution in [3.63, 3.8) is 0 Å². The van der Waals surface area contributed by atoms with Gasteiger partial charge < -0.3 is 24.4 Å². The molecule has 1 aliphatic rings. The summed E-state index contributed by atoms with van der Waals surface area (Å²) in [5.41, 5.74) is 1.45. The fourth-order valence-corrected chi connectivity index (χ4v) is 4.32. The first-order valence-electron chi connectivity index (χ1n) is 9.30. The van der Waals surface area contributed by atoms with Crippen LogP contribution in [0.5, 0.6) is 17.2 Å². The predicted molar refractivity (Wildman–Crippen MR) is 115 cm³/mol. The first-order chi connectivity index (χ1) is 14.5. The van der Waals surface area contributed by atoms with Gasteiger partial charge in [-0.05, 0) is 30.3 Å². The number of rotatable bonds is 6. The van der Waals surface area contributed by atoms with Crippen molar-refractivity contribution in [3.8, 4) is 17.2 Å². The van der Waals surface area contributed by atoms with E-state index in [-0.39, 0.29) is 18.2 Å². The van der Waals surface area contributed by atoms with Crippen LogP contribution in [-0.2, 0) is 9.59 Å². The van der Waals surface area contributed by atoms with Gasteiger partial charge in [0.1, 0.15) is 5.75 Å². The van der Waals surface area contributed by atoms with E-state index < -0.39 is 5.92 Å². The van der Waals surface area contributed by atoms with E-state index in [0.29, 0.717) is 28.9 Å². The molecule has 1 saturated heterocycles. The number of nitrogens with one attached hydrogen (secondary N) is 1. The molecular weight excluding hydrogens is 406 g/mol. The highest BCUT2D eigenvalue weighted by Crippen LogP contribution is 2.35. The Morgan fingerprint density at radius 1 is 1.10 bits per heavy atom. The smallest absolute Gasteiger partial charge is 0.231 e. The van der Waals surface area contributed by atoms with Crippen LogP contribution in [0.25, 0.3) is 10.2 Å². The van der Waals surface area contributed by atoms with Gasteiger partial charge in [0.15, 0.2) is 16.6 Å². The lowest BCUT2D eigenvalue weighted by Gasteiger charge is -2.18. The molecule has 1 unspecified atom stereocenters. The summed E-state index contributed by atoms with van der Waals surface area (Å²) in [5.74, 6) is 1.03. The van der Waals surface area contributed by atoms with Gasteiger partial charge in [-0.1, -0.05) is 11.3 Å². The highest BCUT2D eigenvalue weighted by molar-refractivity contribution is 7.22. The number of ether oxygens (including phenoxy) is 3. The number of hydrogen-bond donors (Lipinski definition) is 1. The zero-order valence-electron chi connectivity index (χ0n) is 16.8. The maximum atomic E-state index is 12.8. The van der Waals surface area contributed by atoms with Crippen LogP contribution in [0.2, 0.25) is 0 Å². The number of nitrogens with zero attached hydrogens (tertiary/aromatic N) is 2. The van der Waals surface area contributed by atoms with Gasteiger partial charge in [-0.25, -0.2) is 4.98 Å². The molecule has 156 valence electrons. The van der Waals surface area contributed by atoms with Crippen LogP contribution in [0.15, 0.2) is 36.4 Å². The number of anilines is 2. The first-order valence-corrected chi connectivity index (χ1v) is 10.1. The van der Waals surface area contributed by atoms with E-state index in [9.17, 15) is 9.59 Å². The van der Waals surface area contributed by atoms with Crippen molar-refractivity contribution in [1.29, 1.82) is 0 Å². The molecule has 1 aromatic heterocycles. The Labute approximate surface area is 177 Å². The predicted octanol–water partition coefficient (Wildman–Crippen LogP) is 3.31. The van der Waals surface area contributed by atoms with Crippen molar-refractivity contribution in [3.05, 3.63) is 36.4 Å². The van der Waals surface area contributed by atoms with Crippen LogP contribution in [-0.4, -0.2) is 44.7 Å². The highest BCUT2D eigenvalue weighted by atomic mass is 32.1. The molecule has 2 aromatic carbocycles. The minimum Gasteiger partial charge on any atom is -0.497 e. The highest BCUT2D eigenvalue weighted by Gasteiger charge is 2.35. The lowest BCUT2D eigenvalue weighted by molar-refractivity contribution is -0.122. The number of aromatic nitrogens is 1. The van der Waals surface area contributed by atoms with E-state index in [1.165, 1.54) is 18.4 Å². The van der Waals surface area contributed by atoms with Gasteiger partial charge in [-0.2, -0.15) is 0 Å². The molecule has 30 heavy (non-hydrogen) atoms. The summed E-state index contributed by atoms with van der Waals surface area (Å²) >= 11 is 1.37. The Morgan fingerprint density at radius 3 is 2.63 bits per heavy atom. The Kier molecular flexibility index (Phi) is 5.45. The van der Waals surface area contributed by atoms with Gasteiger partial charge in [0.05, 0.1) is 37.5 Å². The normalized spacial score (nSPS) is 16.0. The average Bonchev–Trinajstić information content (AvgIpc) is 3.35. The number of thiazole rings is 1. The van der Waals surface area contributed by atoms with E-state index >= 15 is 0 Å². The van der Waals surface area contributed by atoms with Crippen LogP contribution in [0.3, 0.4) is 0 Å². The topological polar surface area (TPSA) is 90.0 Å². The van der Waals surface area contributed by atoms with E-state index in [1.54, 1.807) is 37.3 Å². The van der Waals surface area contributed by atoms with E-state index in [4.69, 9.17) is 14.2 Å². The van der Waals surface area contributed by atoms with Crippen LogP contribution >= 0.6 is 11.3 Å². The number of hydrogen-bond acceptors (Lipinski definition) is 7. The summed E-state index contributed by atoms with van der Waals surface area (Å²) in [4.78, 5) is 31.4. The molecule has 1 atom stereocenters. The van der Waals surface area contributed by atoms with Gasteiger partial charge in [0.25, 0.3) is 0 Å². The summed E-state index contributed by atoms with van der Waals surface area (Å²) in [6.45, 7) is 0.291. The molecule has 3 aromatic rings. The zero-order chi connectivity index (χ0) is 21.3. The largest absolute Gasteiger partial charge is 0.497 e. The monoisotopic (exact) mass is 427 g/mol. The molecule has 4 rings (SSSR count). The Morgan fingerprint density at radius 2 is 1.90 bits per heavy atom. The standard InChI is InChI=1S/C21H21N3O5S/c1-27-14-5-6-15-18(10-14)30-21(22-15)23-20(26)12-8-19(25)24(11-12)13-4-7-16(28-2)17(9-13)29-3/h4-7,9-10,12H,8,11H2,1-3H3,(H,22,23,26). The minimum absolute atomic E-state index is 0.114. The third-order valence-electron chi connectivity index (χ3n) is 5.00. The van der Waals surface area contributed by atoms with Crippen LogP contribution in [0, 0.1) is 5.92 Å². The number of benzene rings is 2. The van der Waals surface area contributed by atoms with Crippen LogP contribution in [0.4, 0.5) is 10.8 Å². The molecule has 0 aliphatic carbocycles. The summed E-state index contributed by atoms with van der Waals surface area (Å²) < 4.78 is 16.7. The molecule has 2 heterocycles. The zero-order valence-corrected chi connectivity index (χ0v) is 17.6. The van der Waals surface area contributed by atoms with Crippen molar-refractivity contribution in [2.45, 2.75) is 6.42 Å². The van der Waals surface area contributed by atoms with Crippen molar-refractivity contribution >= 4 is 44.2 Å². The molecule has 0 bridgehead atoms. The van der Waals surface area contributed by atoms with Crippen molar-refractivity contribution in [2.75, 3.05) is 38.1 Å². The molecule has 9 heteroatoms. The SMILES string of the molecule is COc1ccc2nc(NC(=O)C3CC(=O)N(c4ccc(OC)c(OC)c4)C3)sc2c1. The van der Waals surface area contributed by atoms with Gasteiger partial charge in [0.2, 0.25) is 11.8 Å². The number of carbonyl (C=O) groups excluding carboxylic acids is 2. The van der Waals surface area contributed by atoms with E-state index in [2.05, 4.69) is 10.3 Å². The van der Waals surface area contributed by atoms with Crippen LogP contribution in [0.1, 0.15) is 6.42 Å². The van der Waals surface area contributed by atoms with Crippen molar-refractivity contribution < 1.29 is 23.8 Å². The Bertz CT molecular complexity index is 1110. The van der Waals surface area contributed by atoms with E-state index in [0.717, 1.165) is 16.0 Å². The van der Waals surface area contributed by atoms with Crippen molar-refractivity contribution in [1.82, 2.24) is 4.98 Å². The van der Waals surface area contributed by atoms with Gasteiger partial charge in [0, 0.05) is 24.7 Å². The number of carbonyl (C=O) groups is 2. The lowest BCUT2D eigenvalue weighted by atomic mass is 10.1. The molecule has 0 radical (unpaired) electrons. The molecule has 0 spiro atoms. The Hall–Kier alpha value is -3.33. The molecule has 8 nitrogen and oxygen atoms in total. The van der Waals surface area contributed by atoms with Gasteiger partial charge in [-0.15, -0.1) is 0 Å². The maximum absolute atomic E-state index is 12.8.